The van der Waals surface area contributed by atoms with Crippen LogP contribution in [0.3, 0.4) is 0 Å². The highest BCUT2D eigenvalue weighted by atomic mass is 16.6. The van der Waals surface area contributed by atoms with Crippen LogP contribution < -0.4 is 5.32 Å². The van der Waals surface area contributed by atoms with Gasteiger partial charge in [-0.25, -0.2) is 4.79 Å². The van der Waals surface area contributed by atoms with Crippen molar-refractivity contribution >= 4 is 6.09 Å². The van der Waals surface area contributed by atoms with Crippen LogP contribution in [0.15, 0.2) is 0 Å². The maximum atomic E-state index is 12.4. The van der Waals surface area contributed by atoms with Crippen LogP contribution in [0.25, 0.3) is 0 Å². The Morgan fingerprint density at radius 3 is 1.81 bits per heavy atom. The van der Waals surface area contributed by atoms with Gasteiger partial charge in [-0.2, -0.15) is 0 Å². The van der Waals surface area contributed by atoms with Crippen LogP contribution in [-0.2, 0) is 4.74 Å². The van der Waals surface area contributed by atoms with Gasteiger partial charge in [0.15, 0.2) is 0 Å². The van der Waals surface area contributed by atoms with Gasteiger partial charge < -0.3 is 15.0 Å². The zero-order valence-corrected chi connectivity index (χ0v) is 15.6. The average molecular weight is 300 g/mol. The van der Waals surface area contributed by atoms with E-state index >= 15 is 0 Å². The molecule has 1 amide bonds. The molecule has 0 aliphatic rings. The molecule has 0 radical (unpaired) electrons. The smallest absolute Gasteiger partial charge is 0.410 e. The number of amides is 1. The molecule has 0 aromatic heterocycles. The Hall–Kier alpha value is -0.770. The van der Waals surface area contributed by atoms with E-state index in [-0.39, 0.29) is 17.2 Å². The van der Waals surface area contributed by atoms with Crippen molar-refractivity contribution in [2.75, 3.05) is 13.1 Å². The van der Waals surface area contributed by atoms with Gasteiger partial charge in [-0.05, 0) is 61.3 Å². The molecule has 0 saturated carbocycles. The van der Waals surface area contributed by atoms with Gasteiger partial charge in [0.1, 0.15) is 5.60 Å². The van der Waals surface area contributed by atoms with Crippen molar-refractivity contribution in [2.45, 2.75) is 91.8 Å². The Morgan fingerprint density at radius 2 is 1.48 bits per heavy atom. The highest BCUT2D eigenvalue weighted by Gasteiger charge is 2.30. The number of rotatable bonds is 6. The number of carbonyl (C=O) groups is 1. The first-order chi connectivity index (χ1) is 9.34. The number of carbonyl (C=O) groups excluding carboxylic acids is 1. The maximum Gasteiger partial charge on any atom is 0.410 e. The Bertz CT molecular complexity index is 323. The summed E-state index contributed by atoms with van der Waals surface area (Å²) in [4.78, 5) is 14.2. The molecule has 0 aliphatic heterocycles. The minimum Gasteiger partial charge on any atom is -0.444 e. The second kappa shape index (κ2) is 7.48. The normalized spacial score (nSPS) is 13.2. The molecule has 0 heterocycles. The molecule has 21 heavy (non-hydrogen) atoms. The topological polar surface area (TPSA) is 41.6 Å². The molecular weight excluding hydrogens is 264 g/mol. The summed E-state index contributed by atoms with van der Waals surface area (Å²) in [7, 11) is 0. The fraction of sp³-hybridized carbons (Fsp3) is 0.941. The summed E-state index contributed by atoms with van der Waals surface area (Å²) in [5.74, 6) is 0. The lowest BCUT2D eigenvalue weighted by atomic mass is 9.95. The van der Waals surface area contributed by atoms with Crippen molar-refractivity contribution in [1.82, 2.24) is 10.2 Å². The number of hydrogen-bond donors (Lipinski definition) is 1. The van der Waals surface area contributed by atoms with Gasteiger partial charge in [-0.1, -0.05) is 13.8 Å². The Kier molecular flexibility index (Phi) is 7.21. The van der Waals surface area contributed by atoms with Crippen molar-refractivity contribution in [3.8, 4) is 0 Å². The van der Waals surface area contributed by atoms with Gasteiger partial charge in [-0.15, -0.1) is 0 Å². The molecular formula is C17H36N2O2. The molecule has 0 spiro atoms. The van der Waals surface area contributed by atoms with Crippen LogP contribution in [0.4, 0.5) is 4.79 Å². The van der Waals surface area contributed by atoms with Crippen LogP contribution in [-0.4, -0.2) is 40.8 Å². The third-order valence-electron chi connectivity index (χ3n) is 3.87. The molecule has 0 atom stereocenters. The molecule has 0 fully saturated rings. The van der Waals surface area contributed by atoms with Gasteiger partial charge in [-0.3, -0.25) is 0 Å². The zero-order valence-electron chi connectivity index (χ0n) is 15.6. The summed E-state index contributed by atoms with van der Waals surface area (Å²) >= 11 is 0. The van der Waals surface area contributed by atoms with E-state index in [2.05, 4.69) is 26.1 Å². The van der Waals surface area contributed by atoms with Crippen molar-refractivity contribution in [3.05, 3.63) is 0 Å². The molecule has 0 rings (SSSR count). The first kappa shape index (κ1) is 20.2. The second-order valence-corrected chi connectivity index (χ2v) is 8.00. The quantitative estimate of drug-likeness (QED) is 0.799. The highest BCUT2D eigenvalue weighted by Crippen LogP contribution is 2.19. The van der Waals surface area contributed by atoms with Gasteiger partial charge in [0.2, 0.25) is 0 Å². The molecule has 1 N–H and O–H groups in total. The Morgan fingerprint density at radius 1 is 1.00 bits per heavy atom. The summed E-state index contributed by atoms with van der Waals surface area (Å²) < 4.78 is 5.52. The predicted octanol–water partition coefficient (Wildman–Crippen LogP) is 4.19. The number of hydrogen-bond acceptors (Lipinski definition) is 3. The van der Waals surface area contributed by atoms with E-state index in [1.54, 1.807) is 4.90 Å². The number of nitrogens with zero attached hydrogens (tertiary/aromatic N) is 1. The van der Waals surface area contributed by atoms with Crippen molar-refractivity contribution in [1.29, 1.82) is 0 Å². The predicted molar refractivity (Wildman–Crippen MR) is 89.7 cm³/mol. The van der Waals surface area contributed by atoms with Crippen LogP contribution >= 0.6 is 0 Å². The standard InChI is InChI=1S/C17H36N2O2/c1-10-17(9,11-2)18-12-13-19(15(3,4)5)14(20)21-16(6,7)8/h18H,10-13H2,1-9H3. The fourth-order valence-corrected chi connectivity index (χ4v) is 1.99. The van der Waals surface area contributed by atoms with E-state index in [1.807, 2.05) is 41.5 Å². The van der Waals surface area contributed by atoms with Crippen molar-refractivity contribution in [2.24, 2.45) is 0 Å². The molecule has 4 nitrogen and oxygen atoms in total. The molecule has 0 aromatic rings. The van der Waals surface area contributed by atoms with Crippen LogP contribution in [0.1, 0.15) is 75.2 Å². The molecule has 4 heteroatoms. The van der Waals surface area contributed by atoms with E-state index in [1.165, 1.54) is 0 Å². The maximum absolute atomic E-state index is 12.4. The number of ether oxygens (including phenoxy) is 1. The third-order valence-corrected chi connectivity index (χ3v) is 3.87. The van der Waals surface area contributed by atoms with Gasteiger partial charge in [0.25, 0.3) is 0 Å². The SMILES string of the molecule is CCC(C)(CC)NCCN(C(=O)OC(C)(C)C)C(C)(C)C. The van der Waals surface area contributed by atoms with Crippen LogP contribution in [0.5, 0.6) is 0 Å². The molecule has 0 unspecified atom stereocenters. The average Bonchev–Trinajstić information content (AvgIpc) is 2.30. The summed E-state index contributed by atoms with van der Waals surface area (Å²) in [6.07, 6.45) is 1.91. The van der Waals surface area contributed by atoms with Crippen LogP contribution in [0, 0.1) is 0 Å². The van der Waals surface area contributed by atoms with Crippen LogP contribution in [0.2, 0.25) is 0 Å². The second-order valence-electron chi connectivity index (χ2n) is 8.00. The van der Waals surface area contributed by atoms with Gasteiger partial charge in [0.05, 0.1) is 0 Å². The minimum atomic E-state index is -0.463. The minimum absolute atomic E-state index is 0.136. The van der Waals surface area contributed by atoms with E-state index in [9.17, 15) is 4.79 Å². The first-order valence-corrected chi connectivity index (χ1v) is 8.10. The molecule has 126 valence electrons. The molecule has 0 saturated heterocycles. The monoisotopic (exact) mass is 300 g/mol. The van der Waals surface area contributed by atoms with Crippen molar-refractivity contribution < 1.29 is 9.53 Å². The van der Waals surface area contributed by atoms with E-state index in [0.29, 0.717) is 6.54 Å². The first-order valence-electron chi connectivity index (χ1n) is 8.10. The molecule has 0 aromatic carbocycles. The molecule has 0 aliphatic carbocycles. The largest absolute Gasteiger partial charge is 0.444 e. The van der Waals surface area contributed by atoms with Gasteiger partial charge in [0, 0.05) is 24.2 Å². The molecule has 0 bridgehead atoms. The van der Waals surface area contributed by atoms with Crippen molar-refractivity contribution in [3.63, 3.8) is 0 Å². The summed E-state index contributed by atoms with van der Waals surface area (Å²) in [5.41, 5.74) is -0.578. The number of nitrogens with one attached hydrogen (secondary N) is 1. The summed E-state index contributed by atoms with van der Waals surface area (Å²) in [6, 6.07) is 0. The Balaban J connectivity index is 4.71. The lowest BCUT2D eigenvalue weighted by molar-refractivity contribution is 0.00608. The lowest BCUT2D eigenvalue weighted by Crippen LogP contribution is -2.52. The highest BCUT2D eigenvalue weighted by molar-refractivity contribution is 5.69. The lowest BCUT2D eigenvalue weighted by Gasteiger charge is -2.38. The van der Waals surface area contributed by atoms with E-state index < -0.39 is 5.60 Å². The zero-order chi connectivity index (χ0) is 16.9. The summed E-state index contributed by atoms with van der Waals surface area (Å²) in [5, 5.41) is 3.57. The van der Waals surface area contributed by atoms with E-state index in [4.69, 9.17) is 4.74 Å². The fourth-order valence-electron chi connectivity index (χ4n) is 1.99. The summed E-state index contributed by atoms with van der Waals surface area (Å²) in [6.45, 7) is 19.8. The van der Waals surface area contributed by atoms with Gasteiger partial charge >= 0.3 is 6.09 Å². The third kappa shape index (κ3) is 7.70. The van der Waals surface area contributed by atoms with E-state index in [0.717, 1.165) is 19.4 Å². The Labute approximate surface area is 131 Å².